The van der Waals surface area contributed by atoms with Gasteiger partial charge in [-0.3, -0.25) is 0 Å². The highest BCUT2D eigenvalue weighted by Crippen LogP contribution is 2.65. The van der Waals surface area contributed by atoms with Gasteiger partial charge in [-0.05, 0) is 63.2 Å². The molecule has 2 unspecified atom stereocenters. The minimum atomic E-state index is 0.128. The van der Waals surface area contributed by atoms with Gasteiger partial charge in [0, 0.05) is 0 Å². The Morgan fingerprint density at radius 3 is 2.56 bits per heavy atom. The molecule has 4 atom stereocenters. The van der Waals surface area contributed by atoms with Crippen LogP contribution in [0.4, 0.5) is 0 Å². The van der Waals surface area contributed by atoms with E-state index in [-0.39, 0.29) is 11.2 Å². The Balaban J connectivity index is 2.04. The van der Waals surface area contributed by atoms with Crippen LogP contribution in [0.3, 0.4) is 0 Å². The van der Waals surface area contributed by atoms with E-state index < -0.39 is 0 Å². The van der Waals surface area contributed by atoms with Crippen LogP contribution in [0.15, 0.2) is 0 Å². The van der Waals surface area contributed by atoms with Crippen LogP contribution in [0.1, 0.15) is 66.2 Å². The van der Waals surface area contributed by atoms with Gasteiger partial charge in [-0.1, -0.05) is 20.3 Å². The van der Waals surface area contributed by atoms with Crippen LogP contribution >= 0.6 is 0 Å². The summed E-state index contributed by atoms with van der Waals surface area (Å²) in [7, 11) is 0. The first-order chi connectivity index (χ1) is 7.40. The Labute approximate surface area is 99.9 Å². The second kappa shape index (κ2) is 3.04. The predicted molar refractivity (Wildman–Crippen MR) is 66.4 cm³/mol. The summed E-state index contributed by atoms with van der Waals surface area (Å²) in [5, 5.41) is 0. The molecule has 16 heavy (non-hydrogen) atoms. The summed E-state index contributed by atoms with van der Waals surface area (Å²) in [5.74, 6) is 1.57. The van der Waals surface area contributed by atoms with Crippen LogP contribution in [-0.2, 0) is 4.74 Å². The van der Waals surface area contributed by atoms with Crippen molar-refractivity contribution in [1.29, 1.82) is 0 Å². The number of ether oxygens (including phenoxy) is 1. The SMILES string of the molecule is CC1CCC[C@]2(C)CCC3C[C@@]12OC3(C)C. The normalized spacial score (nSPS) is 54.8. The third kappa shape index (κ3) is 1.16. The molecule has 1 heteroatoms. The number of hydrogen-bond acceptors (Lipinski definition) is 1. The van der Waals surface area contributed by atoms with E-state index >= 15 is 0 Å². The zero-order valence-corrected chi connectivity index (χ0v) is 11.3. The monoisotopic (exact) mass is 222 g/mol. The first-order valence-electron chi connectivity index (χ1n) is 7.10. The van der Waals surface area contributed by atoms with Crippen LogP contribution in [0, 0.1) is 17.3 Å². The van der Waals surface area contributed by atoms with Crippen LogP contribution in [-0.4, -0.2) is 11.2 Å². The summed E-state index contributed by atoms with van der Waals surface area (Å²) in [5.41, 5.74) is 0.815. The molecular formula is C15H26O. The van der Waals surface area contributed by atoms with Gasteiger partial charge in [-0.25, -0.2) is 0 Å². The molecule has 0 aromatic carbocycles. The first kappa shape index (κ1) is 11.1. The molecule has 0 radical (unpaired) electrons. The summed E-state index contributed by atoms with van der Waals surface area (Å²) >= 11 is 0. The minimum absolute atomic E-state index is 0.128. The maximum absolute atomic E-state index is 6.68. The molecular weight excluding hydrogens is 196 g/mol. The summed E-state index contributed by atoms with van der Waals surface area (Å²) in [6.45, 7) is 9.57. The van der Waals surface area contributed by atoms with Crippen molar-refractivity contribution < 1.29 is 4.74 Å². The molecule has 2 saturated carbocycles. The van der Waals surface area contributed by atoms with Crippen molar-refractivity contribution in [2.75, 3.05) is 0 Å². The molecule has 0 aromatic heterocycles. The lowest BCUT2D eigenvalue weighted by Gasteiger charge is -2.55. The summed E-state index contributed by atoms with van der Waals surface area (Å²) < 4.78 is 6.68. The summed E-state index contributed by atoms with van der Waals surface area (Å²) in [6.07, 6.45) is 8.29. The van der Waals surface area contributed by atoms with Crippen LogP contribution in [0.5, 0.6) is 0 Å². The fourth-order valence-corrected chi connectivity index (χ4v) is 4.99. The van der Waals surface area contributed by atoms with Gasteiger partial charge in [-0.2, -0.15) is 0 Å². The van der Waals surface area contributed by atoms with E-state index in [0.717, 1.165) is 11.8 Å². The molecule has 1 nitrogen and oxygen atoms in total. The highest BCUT2D eigenvalue weighted by atomic mass is 16.5. The average molecular weight is 222 g/mol. The van der Waals surface area contributed by atoms with E-state index in [9.17, 15) is 0 Å². The van der Waals surface area contributed by atoms with Gasteiger partial charge in [0.1, 0.15) is 0 Å². The maximum Gasteiger partial charge on any atom is 0.0772 e. The Bertz CT molecular complexity index is 309. The molecule has 1 heterocycles. The van der Waals surface area contributed by atoms with Crippen LogP contribution in [0.2, 0.25) is 0 Å². The van der Waals surface area contributed by atoms with Crippen molar-refractivity contribution in [2.24, 2.45) is 17.3 Å². The van der Waals surface area contributed by atoms with Crippen molar-refractivity contribution in [1.82, 2.24) is 0 Å². The number of rotatable bonds is 0. The van der Waals surface area contributed by atoms with E-state index in [2.05, 4.69) is 27.7 Å². The van der Waals surface area contributed by atoms with Crippen molar-refractivity contribution >= 4 is 0 Å². The Kier molecular flexibility index (Phi) is 2.11. The zero-order chi connectivity index (χ0) is 11.6. The van der Waals surface area contributed by atoms with E-state index in [1.807, 2.05) is 0 Å². The summed E-state index contributed by atoms with van der Waals surface area (Å²) in [6, 6.07) is 0. The quantitative estimate of drug-likeness (QED) is 0.598. The van der Waals surface area contributed by atoms with Gasteiger partial charge in [-0.15, -0.1) is 0 Å². The molecule has 1 saturated heterocycles. The standard InChI is InChI=1S/C15H26O/c1-11-6-5-8-14(4)9-7-12-10-15(11,14)16-13(12,2)3/h11-12H,5-10H2,1-4H3/t11?,12?,14-,15-/m1/s1. The number of fused-ring (bicyclic) bond motifs is 1. The lowest BCUT2D eigenvalue weighted by molar-refractivity contribution is -0.192. The van der Waals surface area contributed by atoms with Crippen LogP contribution in [0.25, 0.3) is 0 Å². The molecule has 0 aromatic rings. The fraction of sp³-hybridized carbons (Fsp3) is 1.00. The largest absolute Gasteiger partial charge is 0.368 e. The first-order valence-corrected chi connectivity index (χ1v) is 7.10. The van der Waals surface area contributed by atoms with Gasteiger partial charge < -0.3 is 4.74 Å². The fourth-order valence-electron chi connectivity index (χ4n) is 4.99. The van der Waals surface area contributed by atoms with Crippen molar-refractivity contribution in [3.05, 3.63) is 0 Å². The van der Waals surface area contributed by atoms with Gasteiger partial charge in [0.25, 0.3) is 0 Å². The highest BCUT2D eigenvalue weighted by molar-refractivity contribution is 5.14. The van der Waals surface area contributed by atoms with Gasteiger partial charge in [0.05, 0.1) is 11.2 Å². The Morgan fingerprint density at radius 1 is 1.06 bits per heavy atom. The van der Waals surface area contributed by atoms with E-state index in [4.69, 9.17) is 4.74 Å². The molecule has 3 rings (SSSR count). The molecule has 1 aliphatic heterocycles. The molecule has 92 valence electrons. The molecule has 0 amide bonds. The van der Waals surface area contributed by atoms with E-state index in [1.165, 1.54) is 38.5 Å². The predicted octanol–water partition coefficient (Wildman–Crippen LogP) is 4.16. The van der Waals surface area contributed by atoms with E-state index in [1.54, 1.807) is 0 Å². The average Bonchev–Trinajstić information content (AvgIpc) is 2.42. The lowest BCUT2D eigenvalue weighted by atomic mass is 9.53. The second-order valence-corrected chi connectivity index (χ2v) is 7.39. The smallest absolute Gasteiger partial charge is 0.0772 e. The number of hydrogen-bond donors (Lipinski definition) is 0. The summed E-state index contributed by atoms with van der Waals surface area (Å²) in [4.78, 5) is 0. The Hall–Kier alpha value is -0.0400. The lowest BCUT2D eigenvalue weighted by Crippen LogP contribution is -2.55. The molecule has 2 bridgehead atoms. The van der Waals surface area contributed by atoms with E-state index in [0.29, 0.717) is 5.41 Å². The molecule has 3 aliphatic rings. The maximum atomic E-state index is 6.68. The van der Waals surface area contributed by atoms with Crippen molar-refractivity contribution in [2.45, 2.75) is 77.4 Å². The van der Waals surface area contributed by atoms with Gasteiger partial charge >= 0.3 is 0 Å². The van der Waals surface area contributed by atoms with Gasteiger partial charge in [0.2, 0.25) is 0 Å². The molecule has 1 spiro atoms. The third-order valence-corrected chi connectivity index (χ3v) is 6.21. The minimum Gasteiger partial charge on any atom is -0.368 e. The van der Waals surface area contributed by atoms with Crippen LogP contribution < -0.4 is 0 Å². The second-order valence-electron chi connectivity index (χ2n) is 7.39. The molecule has 0 N–H and O–H groups in total. The van der Waals surface area contributed by atoms with Crippen molar-refractivity contribution in [3.8, 4) is 0 Å². The third-order valence-electron chi connectivity index (χ3n) is 6.21. The molecule has 2 aliphatic carbocycles. The highest BCUT2D eigenvalue weighted by Gasteiger charge is 2.65. The zero-order valence-electron chi connectivity index (χ0n) is 11.3. The Morgan fingerprint density at radius 2 is 1.81 bits per heavy atom. The van der Waals surface area contributed by atoms with Crippen molar-refractivity contribution in [3.63, 3.8) is 0 Å². The van der Waals surface area contributed by atoms with Gasteiger partial charge in [0.15, 0.2) is 0 Å². The topological polar surface area (TPSA) is 9.23 Å². The molecule has 3 fully saturated rings.